The molecule has 1 N–H and O–H groups in total. The maximum atomic E-state index is 3.82. The lowest BCUT2D eigenvalue weighted by Crippen LogP contribution is -2.34. The van der Waals surface area contributed by atoms with E-state index in [4.69, 9.17) is 0 Å². The number of hydrogen-bond donors (Lipinski definition) is 1. The second-order valence-electron chi connectivity index (χ2n) is 4.98. The van der Waals surface area contributed by atoms with Crippen LogP contribution in [-0.2, 0) is 0 Å². The van der Waals surface area contributed by atoms with Gasteiger partial charge in [-0.25, -0.2) is 0 Å². The Morgan fingerprint density at radius 3 is 2.75 bits per heavy atom. The van der Waals surface area contributed by atoms with Crippen molar-refractivity contribution in [3.05, 3.63) is 22.4 Å². The van der Waals surface area contributed by atoms with E-state index in [2.05, 4.69) is 36.7 Å². The molecule has 1 aromatic heterocycles. The standard InChI is InChI=1S/C14H23NS/c1-3-13(14-9-6-10-16-14)15-11(2)12-7-4-5-8-12/h6,9-13,15H,3-5,7-8H2,1-2H3. The van der Waals surface area contributed by atoms with Crippen LogP contribution in [0.1, 0.15) is 56.9 Å². The van der Waals surface area contributed by atoms with Crippen LogP contribution in [0.4, 0.5) is 0 Å². The molecule has 2 atom stereocenters. The van der Waals surface area contributed by atoms with Crippen LogP contribution < -0.4 is 5.32 Å². The molecule has 0 aliphatic heterocycles. The van der Waals surface area contributed by atoms with Crippen molar-refractivity contribution in [3.8, 4) is 0 Å². The second-order valence-corrected chi connectivity index (χ2v) is 5.96. The number of hydrogen-bond acceptors (Lipinski definition) is 2. The van der Waals surface area contributed by atoms with Gasteiger partial charge < -0.3 is 5.32 Å². The predicted octanol–water partition coefficient (Wildman–Crippen LogP) is 4.37. The molecule has 0 amide bonds. The molecule has 1 aromatic rings. The zero-order valence-electron chi connectivity index (χ0n) is 10.4. The first-order chi connectivity index (χ1) is 7.81. The van der Waals surface area contributed by atoms with Crippen LogP contribution in [0.2, 0.25) is 0 Å². The third kappa shape index (κ3) is 2.86. The molecule has 16 heavy (non-hydrogen) atoms. The Kier molecular flexibility index (Phi) is 4.42. The normalized spacial score (nSPS) is 21.1. The lowest BCUT2D eigenvalue weighted by atomic mass is 9.98. The molecule has 1 fully saturated rings. The maximum absolute atomic E-state index is 3.82. The van der Waals surface area contributed by atoms with Gasteiger partial charge in [0, 0.05) is 17.0 Å². The summed E-state index contributed by atoms with van der Waals surface area (Å²) in [5.74, 6) is 0.911. The molecule has 1 aliphatic carbocycles. The fourth-order valence-corrected chi connectivity index (χ4v) is 3.67. The van der Waals surface area contributed by atoms with Crippen molar-refractivity contribution in [3.63, 3.8) is 0 Å². The molecular weight excluding hydrogens is 214 g/mol. The lowest BCUT2D eigenvalue weighted by Gasteiger charge is -2.26. The Morgan fingerprint density at radius 2 is 2.19 bits per heavy atom. The summed E-state index contributed by atoms with van der Waals surface area (Å²) in [5.41, 5.74) is 0. The first-order valence-corrected chi connectivity index (χ1v) is 7.48. The topological polar surface area (TPSA) is 12.0 Å². The minimum absolute atomic E-state index is 0.565. The quantitative estimate of drug-likeness (QED) is 0.802. The first kappa shape index (κ1) is 12.1. The molecule has 1 saturated carbocycles. The third-order valence-corrected chi connectivity index (χ3v) is 4.85. The summed E-state index contributed by atoms with van der Waals surface area (Å²) >= 11 is 1.88. The summed E-state index contributed by atoms with van der Waals surface area (Å²) in [7, 11) is 0. The average Bonchev–Trinajstić information content (AvgIpc) is 2.96. The van der Waals surface area contributed by atoms with Crippen LogP contribution in [0.25, 0.3) is 0 Å². The fraction of sp³-hybridized carbons (Fsp3) is 0.714. The van der Waals surface area contributed by atoms with E-state index in [1.807, 2.05) is 11.3 Å². The van der Waals surface area contributed by atoms with Gasteiger partial charge >= 0.3 is 0 Å². The van der Waals surface area contributed by atoms with Crippen molar-refractivity contribution in [2.45, 2.75) is 58.0 Å². The molecule has 2 heteroatoms. The molecule has 0 bridgehead atoms. The largest absolute Gasteiger partial charge is 0.306 e. The van der Waals surface area contributed by atoms with Gasteiger partial charge in [-0.15, -0.1) is 11.3 Å². The Bertz CT molecular complexity index is 288. The van der Waals surface area contributed by atoms with Crippen molar-refractivity contribution < 1.29 is 0 Å². The maximum Gasteiger partial charge on any atom is 0.0414 e. The van der Waals surface area contributed by atoms with Gasteiger partial charge in [0.15, 0.2) is 0 Å². The van der Waals surface area contributed by atoms with Gasteiger partial charge in [-0.2, -0.15) is 0 Å². The number of rotatable bonds is 5. The van der Waals surface area contributed by atoms with E-state index < -0.39 is 0 Å². The van der Waals surface area contributed by atoms with Gasteiger partial charge in [0.25, 0.3) is 0 Å². The van der Waals surface area contributed by atoms with E-state index in [0.29, 0.717) is 12.1 Å². The van der Waals surface area contributed by atoms with E-state index in [0.717, 1.165) is 5.92 Å². The van der Waals surface area contributed by atoms with Crippen LogP contribution in [-0.4, -0.2) is 6.04 Å². The second kappa shape index (κ2) is 5.83. The van der Waals surface area contributed by atoms with Gasteiger partial charge in [0.1, 0.15) is 0 Å². The van der Waals surface area contributed by atoms with Crippen molar-refractivity contribution in [2.24, 2.45) is 5.92 Å². The molecule has 0 aromatic carbocycles. The minimum Gasteiger partial charge on any atom is -0.306 e. The van der Waals surface area contributed by atoms with Crippen LogP contribution in [0.5, 0.6) is 0 Å². The number of nitrogens with one attached hydrogen (secondary N) is 1. The molecule has 1 aliphatic rings. The predicted molar refractivity (Wildman–Crippen MR) is 71.9 cm³/mol. The molecule has 90 valence electrons. The molecular formula is C14H23NS. The Hall–Kier alpha value is -0.340. The summed E-state index contributed by atoms with van der Waals surface area (Å²) in [6.45, 7) is 4.64. The van der Waals surface area contributed by atoms with Gasteiger partial charge in [0.05, 0.1) is 0 Å². The van der Waals surface area contributed by atoms with Crippen molar-refractivity contribution in [2.75, 3.05) is 0 Å². The van der Waals surface area contributed by atoms with Crippen LogP contribution in [0.15, 0.2) is 17.5 Å². The zero-order chi connectivity index (χ0) is 11.4. The van der Waals surface area contributed by atoms with E-state index in [1.165, 1.54) is 37.0 Å². The highest BCUT2D eigenvalue weighted by Gasteiger charge is 2.23. The molecule has 0 spiro atoms. The summed E-state index contributed by atoms with van der Waals surface area (Å²) in [6, 6.07) is 5.66. The Morgan fingerprint density at radius 1 is 1.44 bits per heavy atom. The van der Waals surface area contributed by atoms with Gasteiger partial charge in [-0.3, -0.25) is 0 Å². The van der Waals surface area contributed by atoms with Gasteiger partial charge in [0.2, 0.25) is 0 Å². The average molecular weight is 237 g/mol. The molecule has 2 rings (SSSR count). The Labute approximate surface area is 103 Å². The number of thiophene rings is 1. The van der Waals surface area contributed by atoms with Gasteiger partial charge in [-0.1, -0.05) is 25.8 Å². The minimum atomic E-state index is 0.565. The molecule has 0 saturated heterocycles. The van der Waals surface area contributed by atoms with Crippen molar-refractivity contribution >= 4 is 11.3 Å². The van der Waals surface area contributed by atoms with E-state index in [1.54, 1.807) is 0 Å². The van der Waals surface area contributed by atoms with E-state index in [-0.39, 0.29) is 0 Å². The van der Waals surface area contributed by atoms with Crippen LogP contribution in [0, 0.1) is 5.92 Å². The van der Waals surface area contributed by atoms with Crippen LogP contribution in [0.3, 0.4) is 0 Å². The fourth-order valence-electron chi connectivity index (χ4n) is 2.80. The highest BCUT2D eigenvalue weighted by molar-refractivity contribution is 7.10. The smallest absolute Gasteiger partial charge is 0.0414 e. The molecule has 0 radical (unpaired) electrons. The third-order valence-electron chi connectivity index (χ3n) is 3.87. The SMILES string of the molecule is CCC(NC(C)C1CCCC1)c1cccs1. The lowest BCUT2D eigenvalue weighted by molar-refractivity contribution is 0.341. The van der Waals surface area contributed by atoms with Crippen LogP contribution >= 0.6 is 11.3 Å². The Balaban J connectivity index is 1.91. The van der Waals surface area contributed by atoms with Crippen molar-refractivity contribution in [1.29, 1.82) is 0 Å². The molecule has 1 heterocycles. The van der Waals surface area contributed by atoms with E-state index in [9.17, 15) is 0 Å². The molecule has 1 nitrogen and oxygen atoms in total. The molecule has 2 unspecified atom stereocenters. The van der Waals surface area contributed by atoms with Crippen molar-refractivity contribution in [1.82, 2.24) is 5.32 Å². The highest BCUT2D eigenvalue weighted by Crippen LogP contribution is 2.30. The summed E-state index contributed by atoms with van der Waals surface area (Å²) in [4.78, 5) is 1.49. The zero-order valence-corrected chi connectivity index (χ0v) is 11.2. The summed E-state index contributed by atoms with van der Waals surface area (Å²) in [6.07, 6.45) is 6.92. The highest BCUT2D eigenvalue weighted by atomic mass is 32.1. The van der Waals surface area contributed by atoms with Gasteiger partial charge in [-0.05, 0) is 43.6 Å². The first-order valence-electron chi connectivity index (χ1n) is 6.60. The monoisotopic (exact) mass is 237 g/mol. The summed E-state index contributed by atoms with van der Waals surface area (Å²) in [5, 5.41) is 6.00. The summed E-state index contributed by atoms with van der Waals surface area (Å²) < 4.78 is 0. The van der Waals surface area contributed by atoms with E-state index >= 15 is 0 Å².